The summed E-state index contributed by atoms with van der Waals surface area (Å²) in [6.45, 7) is 0. The van der Waals surface area contributed by atoms with Gasteiger partial charge in [0.2, 0.25) is 0 Å². The molecule has 0 bridgehead atoms. The molecule has 0 aliphatic heterocycles. The smallest absolute Gasteiger partial charge is 2.00 e. The summed E-state index contributed by atoms with van der Waals surface area (Å²) in [5, 5.41) is 0. The Morgan fingerprint density at radius 3 is 0.750 bits per heavy atom. The van der Waals surface area contributed by atoms with E-state index in [0.29, 0.717) is 0 Å². The summed E-state index contributed by atoms with van der Waals surface area (Å²) < 4.78 is 0. The predicted octanol–water partition coefficient (Wildman–Crippen LogP) is -0.388. The molecule has 0 aliphatic rings. The van der Waals surface area contributed by atoms with Crippen molar-refractivity contribution in [2.24, 2.45) is 0 Å². The van der Waals surface area contributed by atoms with E-state index in [1.165, 1.54) is 0 Å². The van der Waals surface area contributed by atoms with Crippen LogP contribution in [-0.4, -0.2) is 23.1 Å². The molecule has 0 amide bonds. The van der Waals surface area contributed by atoms with E-state index in [1.54, 1.807) is 0 Å². The van der Waals surface area contributed by atoms with E-state index in [9.17, 15) is 0 Å². The van der Waals surface area contributed by atoms with Crippen molar-refractivity contribution in [3.05, 3.63) is 0 Å². The summed E-state index contributed by atoms with van der Waals surface area (Å²) in [6, 6.07) is 0. The maximum atomic E-state index is 0. The van der Waals surface area contributed by atoms with Crippen LogP contribution in [0.15, 0.2) is 0 Å². The largest absolute Gasteiger partial charge is 2.00 e. The molecule has 0 aliphatic carbocycles. The van der Waals surface area contributed by atoms with E-state index in [2.05, 4.69) is 0 Å². The third-order valence-electron chi connectivity index (χ3n) is 0. The minimum atomic E-state index is 0. The van der Waals surface area contributed by atoms with Gasteiger partial charge in [-0.1, -0.05) is 0 Å². The summed E-state index contributed by atoms with van der Waals surface area (Å²) >= 11 is 0. The summed E-state index contributed by atoms with van der Waals surface area (Å²) in [6.07, 6.45) is 0. The quantitative estimate of drug-likeness (QED) is 0.415. The molecule has 0 saturated heterocycles. The molecule has 0 aromatic carbocycles. The molecule has 0 atom stereocenters. The van der Waals surface area contributed by atoms with Gasteiger partial charge in [-0.3, -0.25) is 0 Å². The summed E-state index contributed by atoms with van der Waals surface area (Å²) in [5.41, 5.74) is 0. The van der Waals surface area contributed by atoms with Gasteiger partial charge in [0.05, 0.1) is 0 Å². The van der Waals surface area contributed by atoms with Crippen molar-refractivity contribution >= 4 is 50.0 Å². The van der Waals surface area contributed by atoms with Crippen LogP contribution in [0.4, 0.5) is 0 Å². The Balaban J connectivity index is 0. The molecule has 4 heavy (non-hydrogen) atoms. The van der Waals surface area contributed by atoms with E-state index in [-0.39, 0.29) is 67.1 Å². The second kappa shape index (κ2) is 20.1. The molecular formula is CuMgS2. The van der Waals surface area contributed by atoms with Crippen LogP contribution >= 0.6 is 0 Å². The van der Waals surface area contributed by atoms with Crippen molar-refractivity contribution in [1.29, 1.82) is 0 Å². The molecule has 4 heteroatoms. The Hall–Kier alpha value is 1.99. The molecule has 0 aromatic rings. The predicted molar refractivity (Wildman–Crippen MR) is 20.5 cm³/mol. The van der Waals surface area contributed by atoms with Gasteiger partial charge in [-0.25, -0.2) is 0 Å². The minimum absolute atomic E-state index is 0. The fraction of sp³-hybridized carbons (Fsp3) is 0. The van der Waals surface area contributed by atoms with Gasteiger partial charge in [-0.15, -0.1) is 0 Å². The van der Waals surface area contributed by atoms with Crippen LogP contribution in [0, 0.1) is 0 Å². The van der Waals surface area contributed by atoms with Gasteiger partial charge in [-0.2, -0.15) is 0 Å². The maximum Gasteiger partial charge on any atom is 2.00 e. The number of hydrogen-bond acceptors (Lipinski definition) is 0. The molecule has 0 fully saturated rings. The summed E-state index contributed by atoms with van der Waals surface area (Å²) in [5.74, 6) is 0. The molecule has 0 heterocycles. The SMILES string of the molecule is [Cu+2].[Mg+2].[S-2].[S-2]. The van der Waals surface area contributed by atoms with Crippen molar-refractivity contribution in [3.8, 4) is 0 Å². The molecular weight excluding hydrogens is 152 g/mol. The molecule has 0 aromatic heterocycles. The second-order valence-electron chi connectivity index (χ2n) is 0. The van der Waals surface area contributed by atoms with E-state index >= 15 is 0 Å². The van der Waals surface area contributed by atoms with Gasteiger partial charge < -0.3 is 27.0 Å². The van der Waals surface area contributed by atoms with E-state index in [1.807, 2.05) is 0 Å². The standard InChI is InChI=1S/Cu.Mg.2S/q2*+2;2*-2. The van der Waals surface area contributed by atoms with Crippen molar-refractivity contribution in [2.75, 3.05) is 0 Å². The molecule has 25 valence electrons. The monoisotopic (exact) mass is 151 g/mol. The molecule has 1 radical (unpaired) electrons. The van der Waals surface area contributed by atoms with Crippen molar-refractivity contribution in [2.45, 2.75) is 0 Å². The first-order chi connectivity index (χ1) is 0. The molecule has 0 N–H and O–H groups in total. The topological polar surface area (TPSA) is 0 Å². The zero-order valence-corrected chi connectivity index (χ0v) is 5.81. The molecule has 0 rings (SSSR count). The van der Waals surface area contributed by atoms with E-state index in [4.69, 9.17) is 0 Å². The normalized spacial score (nSPS) is 0. The first kappa shape index (κ1) is 37.7. The summed E-state index contributed by atoms with van der Waals surface area (Å²) in [4.78, 5) is 0. The molecule has 0 nitrogen and oxygen atoms in total. The zero-order chi connectivity index (χ0) is 0. The third kappa shape index (κ3) is 9.01. The van der Waals surface area contributed by atoms with Crippen molar-refractivity contribution in [3.63, 3.8) is 0 Å². The number of rotatable bonds is 0. The molecule has 0 unspecified atom stereocenters. The van der Waals surface area contributed by atoms with Crippen LogP contribution in [0.25, 0.3) is 0 Å². The Morgan fingerprint density at radius 2 is 0.750 bits per heavy atom. The van der Waals surface area contributed by atoms with Crippen molar-refractivity contribution < 1.29 is 17.1 Å². The summed E-state index contributed by atoms with van der Waals surface area (Å²) in [7, 11) is 0. The van der Waals surface area contributed by atoms with Crippen LogP contribution in [0.1, 0.15) is 0 Å². The van der Waals surface area contributed by atoms with Gasteiger partial charge in [-0.05, 0) is 0 Å². The van der Waals surface area contributed by atoms with Crippen LogP contribution in [0.3, 0.4) is 0 Å². The van der Waals surface area contributed by atoms with Gasteiger partial charge in [0.1, 0.15) is 0 Å². The van der Waals surface area contributed by atoms with Gasteiger partial charge in [0, 0.05) is 0 Å². The first-order valence-corrected chi connectivity index (χ1v) is 0. The Kier molecular flexibility index (Phi) is 189. The van der Waals surface area contributed by atoms with Crippen molar-refractivity contribution in [1.82, 2.24) is 0 Å². The van der Waals surface area contributed by atoms with Gasteiger partial charge in [0.15, 0.2) is 0 Å². The minimum Gasteiger partial charge on any atom is -2.00 e. The van der Waals surface area contributed by atoms with Crippen LogP contribution < -0.4 is 0 Å². The Labute approximate surface area is 66.6 Å². The number of hydrogen-bond donors (Lipinski definition) is 0. The van der Waals surface area contributed by atoms with E-state index < -0.39 is 0 Å². The van der Waals surface area contributed by atoms with E-state index in [0.717, 1.165) is 0 Å². The third-order valence-corrected chi connectivity index (χ3v) is 0. The van der Waals surface area contributed by atoms with Crippen LogP contribution in [0.5, 0.6) is 0 Å². The average molecular weight is 152 g/mol. The zero-order valence-electron chi connectivity index (χ0n) is 1.83. The van der Waals surface area contributed by atoms with Crippen LogP contribution in [-0.2, 0) is 44.1 Å². The fourth-order valence-corrected chi connectivity index (χ4v) is 0. The van der Waals surface area contributed by atoms with Crippen LogP contribution in [0.2, 0.25) is 0 Å². The maximum absolute atomic E-state index is 0. The Bertz CT molecular complexity index is 6.00. The molecule has 0 spiro atoms. The molecule has 0 saturated carbocycles. The first-order valence-electron chi connectivity index (χ1n) is 0. The fourth-order valence-electron chi connectivity index (χ4n) is 0. The Morgan fingerprint density at radius 1 is 0.750 bits per heavy atom. The average Bonchev–Trinajstić information content (AvgIpc) is 0. The second-order valence-corrected chi connectivity index (χ2v) is 0. The van der Waals surface area contributed by atoms with Gasteiger partial charge >= 0.3 is 40.1 Å². The van der Waals surface area contributed by atoms with Gasteiger partial charge in [0.25, 0.3) is 0 Å².